The minimum absolute atomic E-state index is 0.0521. The molecule has 0 N–H and O–H groups in total. The van der Waals surface area contributed by atoms with E-state index in [-0.39, 0.29) is 30.6 Å². The van der Waals surface area contributed by atoms with Crippen molar-refractivity contribution in [3.8, 4) is 0 Å². The molecule has 1 aromatic rings. The average molecular weight is 349 g/mol. The molecule has 1 atom stereocenters. The molecule has 0 saturated heterocycles. The van der Waals surface area contributed by atoms with Crippen LogP contribution in [-0.4, -0.2) is 31.2 Å². The standard InChI is InChI=1S/C19H24FNO4/c1-5-24-18(22)15(19(23)25-6-2)11-21-12(3)7-8-14-13(4)16(20)9-10-17(14)21/h9-12H,5-8H2,1-4H3. The molecule has 1 aliphatic heterocycles. The van der Waals surface area contributed by atoms with Gasteiger partial charge in [0.2, 0.25) is 0 Å². The molecule has 5 nitrogen and oxygen atoms in total. The number of hydrogen-bond acceptors (Lipinski definition) is 5. The Kier molecular flexibility index (Phi) is 6.17. The monoisotopic (exact) mass is 349 g/mol. The number of rotatable bonds is 5. The number of carbonyl (C=O) groups is 2. The fraction of sp³-hybridized carbons (Fsp3) is 0.474. The van der Waals surface area contributed by atoms with Crippen LogP contribution < -0.4 is 4.90 Å². The number of nitrogens with zero attached hydrogens (tertiary/aromatic N) is 1. The second-order valence-corrected chi connectivity index (χ2v) is 5.95. The van der Waals surface area contributed by atoms with Crippen LogP contribution in [0.2, 0.25) is 0 Å². The summed E-state index contributed by atoms with van der Waals surface area (Å²) in [4.78, 5) is 26.2. The van der Waals surface area contributed by atoms with Gasteiger partial charge in [-0.25, -0.2) is 14.0 Å². The summed E-state index contributed by atoms with van der Waals surface area (Å²) in [5, 5.41) is 0. The Labute approximate surface area is 147 Å². The number of hydrogen-bond donors (Lipinski definition) is 0. The fourth-order valence-electron chi connectivity index (χ4n) is 2.94. The summed E-state index contributed by atoms with van der Waals surface area (Å²) in [6.07, 6.45) is 3.00. The van der Waals surface area contributed by atoms with E-state index in [2.05, 4.69) is 0 Å². The largest absolute Gasteiger partial charge is 0.462 e. The van der Waals surface area contributed by atoms with E-state index in [1.54, 1.807) is 26.8 Å². The zero-order valence-electron chi connectivity index (χ0n) is 15.1. The van der Waals surface area contributed by atoms with Crippen molar-refractivity contribution in [3.05, 3.63) is 40.8 Å². The third kappa shape index (κ3) is 4.00. The molecule has 0 amide bonds. The molecule has 136 valence electrons. The van der Waals surface area contributed by atoms with E-state index in [1.165, 1.54) is 12.3 Å². The summed E-state index contributed by atoms with van der Waals surface area (Å²) < 4.78 is 23.8. The zero-order valence-corrected chi connectivity index (χ0v) is 15.1. The predicted molar refractivity (Wildman–Crippen MR) is 92.7 cm³/mol. The predicted octanol–water partition coefficient (Wildman–Crippen LogP) is 3.29. The molecule has 0 bridgehead atoms. The van der Waals surface area contributed by atoms with Crippen LogP contribution in [0, 0.1) is 12.7 Å². The number of halogens is 1. The summed E-state index contributed by atoms with van der Waals surface area (Å²) in [6.45, 7) is 7.39. The lowest BCUT2D eigenvalue weighted by Gasteiger charge is -2.35. The van der Waals surface area contributed by atoms with Crippen molar-refractivity contribution in [2.24, 2.45) is 0 Å². The van der Waals surface area contributed by atoms with E-state index in [0.717, 1.165) is 24.1 Å². The number of carbonyl (C=O) groups excluding carboxylic acids is 2. The van der Waals surface area contributed by atoms with Crippen molar-refractivity contribution < 1.29 is 23.5 Å². The molecule has 0 fully saturated rings. The first kappa shape index (κ1) is 19.0. The van der Waals surface area contributed by atoms with E-state index in [9.17, 15) is 14.0 Å². The quantitative estimate of drug-likeness (QED) is 0.353. The number of anilines is 1. The molecule has 1 aromatic carbocycles. The average Bonchev–Trinajstić information content (AvgIpc) is 2.57. The minimum atomic E-state index is -0.723. The maximum absolute atomic E-state index is 13.9. The van der Waals surface area contributed by atoms with Crippen molar-refractivity contribution in [2.75, 3.05) is 18.1 Å². The second-order valence-electron chi connectivity index (χ2n) is 5.95. The molecule has 0 radical (unpaired) electrons. The van der Waals surface area contributed by atoms with Crippen LogP contribution in [0.3, 0.4) is 0 Å². The highest BCUT2D eigenvalue weighted by Crippen LogP contribution is 2.34. The Morgan fingerprint density at radius 3 is 2.40 bits per heavy atom. The van der Waals surface area contributed by atoms with Crippen LogP contribution in [0.5, 0.6) is 0 Å². The number of fused-ring (bicyclic) bond motifs is 1. The maximum atomic E-state index is 13.9. The van der Waals surface area contributed by atoms with Gasteiger partial charge in [0.15, 0.2) is 5.57 Å². The van der Waals surface area contributed by atoms with Gasteiger partial charge in [0.05, 0.1) is 13.2 Å². The van der Waals surface area contributed by atoms with Gasteiger partial charge in [-0.05, 0) is 63.8 Å². The number of ether oxygens (including phenoxy) is 2. The summed E-state index contributed by atoms with van der Waals surface area (Å²) >= 11 is 0. The van der Waals surface area contributed by atoms with E-state index in [1.807, 2.05) is 11.8 Å². The molecule has 2 rings (SSSR count). The molecule has 6 heteroatoms. The van der Waals surface area contributed by atoms with Gasteiger partial charge in [-0.2, -0.15) is 0 Å². The van der Waals surface area contributed by atoms with Crippen LogP contribution in [0.25, 0.3) is 0 Å². The molecule has 1 unspecified atom stereocenters. The van der Waals surface area contributed by atoms with E-state index >= 15 is 0 Å². The Balaban J connectivity index is 2.50. The maximum Gasteiger partial charge on any atom is 0.347 e. The first-order chi connectivity index (χ1) is 11.9. The summed E-state index contributed by atoms with van der Waals surface area (Å²) in [6, 6.07) is 3.13. The van der Waals surface area contributed by atoms with Gasteiger partial charge in [0.1, 0.15) is 5.82 Å². The Morgan fingerprint density at radius 1 is 1.24 bits per heavy atom. The van der Waals surface area contributed by atoms with Crippen molar-refractivity contribution in [3.63, 3.8) is 0 Å². The van der Waals surface area contributed by atoms with Crippen LogP contribution in [-0.2, 0) is 25.5 Å². The zero-order chi connectivity index (χ0) is 18.6. The topological polar surface area (TPSA) is 55.8 Å². The van der Waals surface area contributed by atoms with Gasteiger partial charge >= 0.3 is 11.9 Å². The SMILES string of the molecule is CCOC(=O)C(=CN1c2ccc(F)c(C)c2CCC1C)C(=O)OCC. The highest BCUT2D eigenvalue weighted by Gasteiger charge is 2.28. The van der Waals surface area contributed by atoms with Crippen molar-refractivity contribution >= 4 is 17.6 Å². The normalized spacial score (nSPS) is 16.0. The lowest BCUT2D eigenvalue weighted by atomic mass is 9.93. The molecule has 0 aromatic heterocycles. The van der Waals surface area contributed by atoms with Crippen LogP contribution in [0.4, 0.5) is 10.1 Å². The first-order valence-corrected chi connectivity index (χ1v) is 8.53. The van der Waals surface area contributed by atoms with Crippen LogP contribution in [0.15, 0.2) is 23.9 Å². The van der Waals surface area contributed by atoms with Crippen LogP contribution in [0.1, 0.15) is 38.3 Å². The van der Waals surface area contributed by atoms with E-state index in [0.29, 0.717) is 5.56 Å². The number of esters is 2. The van der Waals surface area contributed by atoms with Gasteiger partial charge in [-0.15, -0.1) is 0 Å². The molecular formula is C19H24FNO4. The molecule has 0 spiro atoms. The van der Waals surface area contributed by atoms with Gasteiger partial charge in [0.25, 0.3) is 0 Å². The Hall–Kier alpha value is -2.37. The molecular weight excluding hydrogens is 325 g/mol. The third-order valence-corrected chi connectivity index (χ3v) is 4.33. The van der Waals surface area contributed by atoms with E-state index in [4.69, 9.17) is 9.47 Å². The third-order valence-electron chi connectivity index (χ3n) is 4.33. The molecule has 0 aliphatic carbocycles. The van der Waals surface area contributed by atoms with Gasteiger partial charge < -0.3 is 14.4 Å². The molecule has 0 saturated carbocycles. The highest BCUT2D eigenvalue weighted by atomic mass is 19.1. The molecule has 1 heterocycles. The second kappa shape index (κ2) is 8.14. The summed E-state index contributed by atoms with van der Waals surface area (Å²) in [7, 11) is 0. The van der Waals surface area contributed by atoms with Crippen molar-refractivity contribution in [1.82, 2.24) is 0 Å². The van der Waals surface area contributed by atoms with E-state index < -0.39 is 11.9 Å². The molecule has 1 aliphatic rings. The van der Waals surface area contributed by atoms with Gasteiger partial charge in [-0.1, -0.05) is 0 Å². The lowest BCUT2D eigenvalue weighted by molar-refractivity contribution is -0.146. The smallest absolute Gasteiger partial charge is 0.347 e. The molecule has 25 heavy (non-hydrogen) atoms. The fourth-order valence-corrected chi connectivity index (χ4v) is 2.94. The Bertz CT molecular complexity index is 679. The first-order valence-electron chi connectivity index (χ1n) is 8.53. The van der Waals surface area contributed by atoms with Crippen molar-refractivity contribution in [2.45, 2.75) is 46.6 Å². The summed E-state index contributed by atoms with van der Waals surface area (Å²) in [5.74, 6) is -1.70. The lowest BCUT2D eigenvalue weighted by Crippen LogP contribution is -2.35. The number of benzene rings is 1. The van der Waals surface area contributed by atoms with Gasteiger partial charge in [-0.3, -0.25) is 0 Å². The highest BCUT2D eigenvalue weighted by molar-refractivity contribution is 6.14. The van der Waals surface area contributed by atoms with Gasteiger partial charge in [0, 0.05) is 17.9 Å². The Morgan fingerprint density at radius 2 is 1.84 bits per heavy atom. The minimum Gasteiger partial charge on any atom is -0.462 e. The summed E-state index contributed by atoms with van der Waals surface area (Å²) in [5.41, 5.74) is 2.12. The van der Waals surface area contributed by atoms with Crippen LogP contribution >= 0.6 is 0 Å². The van der Waals surface area contributed by atoms with Crippen molar-refractivity contribution in [1.29, 1.82) is 0 Å².